The predicted octanol–water partition coefficient (Wildman–Crippen LogP) is 2.23. The van der Waals surface area contributed by atoms with Crippen molar-refractivity contribution in [3.63, 3.8) is 0 Å². The van der Waals surface area contributed by atoms with Gasteiger partial charge >= 0.3 is 0 Å². The van der Waals surface area contributed by atoms with Crippen LogP contribution in [0.1, 0.15) is 15.9 Å². The Bertz CT molecular complexity index is 376. The quantitative estimate of drug-likeness (QED) is 0.383. The van der Waals surface area contributed by atoms with E-state index in [9.17, 15) is 9.18 Å². The van der Waals surface area contributed by atoms with Gasteiger partial charge in [-0.15, -0.1) is 11.6 Å². The van der Waals surface area contributed by atoms with Crippen molar-refractivity contribution in [2.75, 3.05) is 5.88 Å². The average Bonchev–Trinajstić information content (AvgIpc) is 2.14. The SMILES string of the molecule is O=Cc1cc(F)cc(C#CCCl)c1. The molecule has 0 N–H and O–H groups in total. The van der Waals surface area contributed by atoms with Gasteiger partial charge in [0.1, 0.15) is 12.1 Å². The normalized spacial score (nSPS) is 8.77. The summed E-state index contributed by atoms with van der Waals surface area (Å²) < 4.78 is 12.8. The Hall–Kier alpha value is -1.33. The highest BCUT2D eigenvalue weighted by molar-refractivity contribution is 6.19. The maximum atomic E-state index is 12.8. The fraction of sp³-hybridized carbons (Fsp3) is 0.100. The summed E-state index contributed by atoms with van der Waals surface area (Å²) in [5.41, 5.74) is 0.738. The molecule has 1 nitrogen and oxygen atoms in total. The second kappa shape index (κ2) is 4.64. The van der Waals surface area contributed by atoms with Crippen LogP contribution in [-0.4, -0.2) is 12.2 Å². The van der Waals surface area contributed by atoms with Crippen molar-refractivity contribution < 1.29 is 9.18 Å². The molecule has 0 saturated heterocycles. The highest BCUT2D eigenvalue weighted by Gasteiger charge is 1.96. The van der Waals surface area contributed by atoms with E-state index < -0.39 is 5.82 Å². The summed E-state index contributed by atoms with van der Waals surface area (Å²) in [4.78, 5) is 10.3. The lowest BCUT2D eigenvalue weighted by Gasteiger charge is -1.93. The van der Waals surface area contributed by atoms with Crippen LogP contribution in [0.5, 0.6) is 0 Å². The van der Waals surface area contributed by atoms with Gasteiger partial charge in [-0.1, -0.05) is 11.8 Å². The fourth-order valence-corrected chi connectivity index (χ4v) is 0.955. The van der Waals surface area contributed by atoms with E-state index in [1.54, 1.807) is 0 Å². The molecule has 0 saturated carbocycles. The molecule has 0 aliphatic heterocycles. The zero-order valence-corrected chi connectivity index (χ0v) is 7.44. The minimum Gasteiger partial charge on any atom is -0.298 e. The zero-order valence-electron chi connectivity index (χ0n) is 6.68. The number of benzene rings is 1. The molecule has 0 radical (unpaired) electrons. The summed E-state index contributed by atoms with van der Waals surface area (Å²) in [6.45, 7) is 0. The van der Waals surface area contributed by atoms with E-state index in [-0.39, 0.29) is 11.4 Å². The van der Waals surface area contributed by atoms with Crippen molar-refractivity contribution >= 4 is 17.9 Å². The highest BCUT2D eigenvalue weighted by atomic mass is 35.5. The molecule has 0 aromatic heterocycles. The molecule has 0 heterocycles. The lowest BCUT2D eigenvalue weighted by atomic mass is 10.1. The molecule has 0 unspecified atom stereocenters. The third-order valence-corrected chi connectivity index (χ3v) is 1.49. The van der Waals surface area contributed by atoms with E-state index >= 15 is 0 Å². The molecule has 1 aromatic carbocycles. The van der Waals surface area contributed by atoms with Gasteiger partial charge in [-0.05, 0) is 18.2 Å². The largest absolute Gasteiger partial charge is 0.298 e. The monoisotopic (exact) mass is 196 g/mol. The van der Waals surface area contributed by atoms with Gasteiger partial charge in [0.05, 0.1) is 5.88 Å². The van der Waals surface area contributed by atoms with E-state index in [4.69, 9.17) is 11.6 Å². The van der Waals surface area contributed by atoms with Gasteiger partial charge in [0, 0.05) is 11.1 Å². The third kappa shape index (κ3) is 2.89. The Morgan fingerprint density at radius 3 is 2.85 bits per heavy atom. The third-order valence-electron chi connectivity index (χ3n) is 1.36. The van der Waals surface area contributed by atoms with Crippen LogP contribution in [0.3, 0.4) is 0 Å². The molecule has 3 heteroatoms. The molecule has 0 atom stereocenters. The molecule has 13 heavy (non-hydrogen) atoms. The Morgan fingerprint density at radius 1 is 1.46 bits per heavy atom. The van der Waals surface area contributed by atoms with Gasteiger partial charge in [0.25, 0.3) is 0 Å². The number of rotatable bonds is 1. The summed E-state index contributed by atoms with van der Waals surface area (Å²) in [6.07, 6.45) is 0.578. The van der Waals surface area contributed by atoms with Crippen molar-refractivity contribution in [1.29, 1.82) is 0 Å². The topological polar surface area (TPSA) is 17.1 Å². The van der Waals surface area contributed by atoms with Gasteiger partial charge in [-0.3, -0.25) is 4.79 Å². The molecule has 1 rings (SSSR count). The number of carbonyl (C=O) groups excluding carboxylic acids is 1. The van der Waals surface area contributed by atoms with Gasteiger partial charge in [-0.25, -0.2) is 4.39 Å². The van der Waals surface area contributed by atoms with Gasteiger partial charge in [0.2, 0.25) is 0 Å². The molecule has 0 bridgehead atoms. The van der Waals surface area contributed by atoms with E-state index in [1.165, 1.54) is 12.1 Å². The van der Waals surface area contributed by atoms with Gasteiger partial charge < -0.3 is 0 Å². The first-order valence-corrected chi connectivity index (χ1v) is 4.10. The first kappa shape index (κ1) is 9.76. The summed E-state index contributed by atoms with van der Waals surface area (Å²) in [5.74, 6) is 4.92. The first-order valence-electron chi connectivity index (χ1n) is 3.57. The van der Waals surface area contributed by atoms with Crippen LogP contribution in [0.25, 0.3) is 0 Å². The number of aldehydes is 1. The average molecular weight is 197 g/mol. The van der Waals surface area contributed by atoms with Crippen LogP contribution in [0.2, 0.25) is 0 Å². The van der Waals surface area contributed by atoms with Gasteiger partial charge in [0.15, 0.2) is 0 Å². The van der Waals surface area contributed by atoms with E-state index in [2.05, 4.69) is 11.8 Å². The maximum Gasteiger partial charge on any atom is 0.150 e. The molecule has 1 aromatic rings. The van der Waals surface area contributed by atoms with Crippen LogP contribution in [-0.2, 0) is 0 Å². The lowest BCUT2D eigenvalue weighted by molar-refractivity contribution is 0.112. The van der Waals surface area contributed by atoms with Crippen LogP contribution in [0.4, 0.5) is 4.39 Å². The summed E-state index contributed by atoms with van der Waals surface area (Å²) in [7, 11) is 0. The lowest BCUT2D eigenvalue weighted by Crippen LogP contribution is -1.85. The standard InChI is InChI=1S/C10H6ClFO/c11-3-1-2-8-4-9(7-13)6-10(12)5-8/h4-7H,3H2. The Kier molecular flexibility index (Phi) is 3.48. The summed E-state index contributed by atoms with van der Waals surface area (Å²) >= 11 is 5.33. The Morgan fingerprint density at radius 2 is 2.23 bits per heavy atom. The van der Waals surface area contributed by atoms with E-state index in [0.717, 1.165) is 6.07 Å². The summed E-state index contributed by atoms with van der Waals surface area (Å²) in [5, 5.41) is 0. The molecule has 0 fully saturated rings. The number of alkyl halides is 1. The van der Waals surface area contributed by atoms with E-state index in [1.807, 2.05) is 0 Å². The van der Waals surface area contributed by atoms with Crippen molar-refractivity contribution in [3.05, 3.63) is 35.1 Å². The molecule has 0 spiro atoms. The second-order valence-electron chi connectivity index (χ2n) is 2.33. The van der Waals surface area contributed by atoms with Crippen molar-refractivity contribution in [1.82, 2.24) is 0 Å². The number of hydrogen-bond donors (Lipinski definition) is 0. The number of halogens is 2. The number of carbonyl (C=O) groups is 1. The van der Waals surface area contributed by atoms with Crippen LogP contribution in [0.15, 0.2) is 18.2 Å². The molecular weight excluding hydrogens is 191 g/mol. The highest BCUT2D eigenvalue weighted by Crippen LogP contribution is 2.06. The first-order chi connectivity index (χ1) is 6.26. The molecular formula is C10H6ClFO. The molecule has 0 amide bonds. The molecule has 0 aliphatic carbocycles. The molecule has 66 valence electrons. The van der Waals surface area contributed by atoms with E-state index in [0.29, 0.717) is 11.8 Å². The molecule has 0 aliphatic rings. The Balaban J connectivity index is 3.08. The van der Waals surface area contributed by atoms with Crippen LogP contribution < -0.4 is 0 Å². The van der Waals surface area contributed by atoms with Crippen molar-refractivity contribution in [2.24, 2.45) is 0 Å². The maximum absolute atomic E-state index is 12.8. The minimum atomic E-state index is -0.469. The zero-order chi connectivity index (χ0) is 9.68. The second-order valence-corrected chi connectivity index (χ2v) is 2.59. The summed E-state index contributed by atoms with van der Waals surface area (Å²) in [6, 6.07) is 3.92. The number of hydrogen-bond acceptors (Lipinski definition) is 1. The van der Waals surface area contributed by atoms with Gasteiger partial charge in [-0.2, -0.15) is 0 Å². The van der Waals surface area contributed by atoms with Crippen LogP contribution in [0, 0.1) is 17.7 Å². The smallest absolute Gasteiger partial charge is 0.150 e. The Labute approximate surface area is 80.5 Å². The van der Waals surface area contributed by atoms with Crippen molar-refractivity contribution in [2.45, 2.75) is 0 Å². The van der Waals surface area contributed by atoms with Crippen molar-refractivity contribution in [3.8, 4) is 11.8 Å². The fourth-order valence-electron chi connectivity index (χ4n) is 0.888. The predicted molar refractivity (Wildman–Crippen MR) is 49.4 cm³/mol. The van der Waals surface area contributed by atoms with Crippen LogP contribution >= 0.6 is 11.6 Å². The minimum absolute atomic E-state index is 0.187.